The van der Waals surface area contributed by atoms with Gasteiger partial charge in [0, 0.05) is 15.7 Å². The Morgan fingerprint density at radius 2 is 1.89 bits per heavy atom. The predicted octanol–water partition coefficient (Wildman–Crippen LogP) is 4.23. The number of benzene rings is 2. The van der Waals surface area contributed by atoms with Crippen molar-refractivity contribution in [3.05, 3.63) is 57.6 Å². The summed E-state index contributed by atoms with van der Waals surface area (Å²) < 4.78 is 6.76. The topological polar surface area (TPSA) is 35.2 Å². The third-order valence-electron chi connectivity index (χ3n) is 3.02. The standard InChI is InChI=1S/C15H16BrNO/c1-10-6-7-12(8-11(10)2)18-9-13-14(16)4-3-5-15(13)17/h3-8H,9,17H2,1-2H3. The van der Waals surface area contributed by atoms with Crippen LogP contribution in [0.1, 0.15) is 16.7 Å². The lowest BCUT2D eigenvalue weighted by Gasteiger charge is -2.11. The smallest absolute Gasteiger partial charge is 0.120 e. The van der Waals surface area contributed by atoms with Crippen LogP contribution in [0, 0.1) is 13.8 Å². The minimum absolute atomic E-state index is 0.468. The van der Waals surface area contributed by atoms with Gasteiger partial charge < -0.3 is 10.5 Å². The molecule has 0 spiro atoms. The van der Waals surface area contributed by atoms with Crippen LogP contribution >= 0.6 is 15.9 Å². The summed E-state index contributed by atoms with van der Waals surface area (Å²) in [7, 11) is 0. The van der Waals surface area contributed by atoms with Gasteiger partial charge in [0.25, 0.3) is 0 Å². The number of nitrogens with two attached hydrogens (primary N) is 1. The van der Waals surface area contributed by atoms with Crippen molar-refractivity contribution in [2.24, 2.45) is 0 Å². The second-order valence-electron chi connectivity index (χ2n) is 4.34. The van der Waals surface area contributed by atoms with Gasteiger partial charge in [-0.1, -0.05) is 28.1 Å². The summed E-state index contributed by atoms with van der Waals surface area (Å²) in [4.78, 5) is 0. The summed E-state index contributed by atoms with van der Waals surface area (Å²) >= 11 is 3.49. The maximum atomic E-state index is 5.93. The lowest BCUT2D eigenvalue weighted by atomic mass is 10.1. The van der Waals surface area contributed by atoms with Gasteiger partial charge in [0.1, 0.15) is 12.4 Å². The molecule has 0 unspecified atom stereocenters. The van der Waals surface area contributed by atoms with Gasteiger partial charge in [-0.2, -0.15) is 0 Å². The van der Waals surface area contributed by atoms with Gasteiger partial charge >= 0.3 is 0 Å². The van der Waals surface area contributed by atoms with Gasteiger partial charge in [-0.3, -0.25) is 0 Å². The fourth-order valence-electron chi connectivity index (χ4n) is 1.69. The Balaban J connectivity index is 2.14. The molecule has 2 rings (SSSR count). The van der Waals surface area contributed by atoms with Crippen LogP contribution in [0.5, 0.6) is 5.75 Å². The van der Waals surface area contributed by atoms with E-state index in [-0.39, 0.29) is 0 Å². The van der Waals surface area contributed by atoms with E-state index >= 15 is 0 Å². The third kappa shape index (κ3) is 2.85. The Morgan fingerprint density at radius 3 is 2.56 bits per heavy atom. The van der Waals surface area contributed by atoms with Gasteiger partial charge in [0.2, 0.25) is 0 Å². The summed E-state index contributed by atoms with van der Waals surface area (Å²) in [5.41, 5.74) is 10.2. The first-order valence-corrected chi connectivity index (χ1v) is 6.60. The minimum Gasteiger partial charge on any atom is -0.489 e. The van der Waals surface area contributed by atoms with Crippen LogP contribution < -0.4 is 10.5 Å². The average Bonchev–Trinajstić information content (AvgIpc) is 2.33. The van der Waals surface area contributed by atoms with E-state index in [4.69, 9.17) is 10.5 Å². The first-order valence-electron chi connectivity index (χ1n) is 5.81. The van der Waals surface area contributed by atoms with Crippen LogP contribution in [0.4, 0.5) is 5.69 Å². The second kappa shape index (κ2) is 5.44. The summed E-state index contributed by atoms with van der Waals surface area (Å²) in [5.74, 6) is 0.869. The summed E-state index contributed by atoms with van der Waals surface area (Å²) in [5, 5.41) is 0. The van der Waals surface area contributed by atoms with Crippen molar-refractivity contribution in [2.45, 2.75) is 20.5 Å². The summed E-state index contributed by atoms with van der Waals surface area (Å²) in [6.45, 7) is 4.63. The molecule has 0 radical (unpaired) electrons. The SMILES string of the molecule is Cc1ccc(OCc2c(N)cccc2Br)cc1C. The van der Waals surface area contributed by atoms with Crippen LogP contribution in [0.3, 0.4) is 0 Å². The number of aryl methyl sites for hydroxylation is 2. The highest BCUT2D eigenvalue weighted by molar-refractivity contribution is 9.10. The quantitative estimate of drug-likeness (QED) is 0.861. The highest BCUT2D eigenvalue weighted by Crippen LogP contribution is 2.25. The number of hydrogen-bond donors (Lipinski definition) is 1. The molecule has 0 saturated carbocycles. The molecule has 0 fully saturated rings. The molecule has 0 amide bonds. The number of anilines is 1. The van der Waals surface area contributed by atoms with Crippen LogP contribution in [-0.2, 0) is 6.61 Å². The molecule has 0 heterocycles. The van der Waals surface area contributed by atoms with E-state index in [1.807, 2.05) is 30.3 Å². The largest absolute Gasteiger partial charge is 0.489 e. The number of ether oxygens (including phenoxy) is 1. The van der Waals surface area contributed by atoms with Crippen molar-refractivity contribution < 1.29 is 4.74 Å². The van der Waals surface area contributed by atoms with Gasteiger partial charge in [0.05, 0.1) is 0 Å². The molecular weight excluding hydrogens is 290 g/mol. The van der Waals surface area contributed by atoms with Gasteiger partial charge in [0.15, 0.2) is 0 Å². The Labute approximate surface area is 116 Å². The van der Waals surface area contributed by atoms with Crippen molar-refractivity contribution in [2.75, 3.05) is 5.73 Å². The molecule has 0 bridgehead atoms. The van der Waals surface area contributed by atoms with Crippen molar-refractivity contribution >= 4 is 21.6 Å². The fraction of sp³-hybridized carbons (Fsp3) is 0.200. The summed E-state index contributed by atoms with van der Waals surface area (Å²) in [6.07, 6.45) is 0. The van der Waals surface area contributed by atoms with Crippen LogP contribution in [0.25, 0.3) is 0 Å². The van der Waals surface area contributed by atoms with Crippen molar-refractivity contribution in [1.29, 1.82) is 0 Å². The lowest BCUT2D eigenvalue weighted by Crippen LogP contribution is -2.01. The Kier molecular flexibility index (Phi) is 3.92. The molecule has 94 valence electrons. The molecule has 2 aromatic rings. The molecule has 0 saturated heterocycles. The molecule has 18 heavy (non-hydrogen) atoms. The molecule has 2 nitrogen and oxygen atoms in total. The molecule has 2 aromatic carbocycles. The number of hydrogen-bond acceptors (Lipinski definition) is 2. The first kappa shape index (κ1) is 13.0. The van der Waals surface area contributed by atoms with Gasteiger partial charge in [-0.25, -0.2) is 0 Å². The number of rotatable bonds is 3. The average molecular weight is 306 g/mol. The Morgan fingerprint density at radius 1 is 1.11 bits per heavy atom. The zero-order chi connectivity index (χ0) is 13.1. The fourth-order valence-corrected chi connectivity index (χ4v) is 2.18. The molecule has 3 heteroatoms. The first-order chi connectivity index (χ1) is 8.58. The lowest BCUT2D eigenvalue weighted by molar-refractivity contribution is 0.306. The normalized spacial score (nSPS) is 10.4. The van der Waals surface area contributed by atoms with Crippen LogP contribution in [0.15, 0.2) is 40.9 Å². The monoisotopic (exact) mass is 305 g/mol. The second-order valence-corrected chi connectivity index (χ2v) is 5.20. The highest BCUT2D eigenvalue weighted by atomic mass is 79.9. The molecule has 0 aliphatic rings. The van der Waals surface area contributed by atoms with Crippen LogP contribution in [0.2, 0.25) is 0 Å². The van der Waals surface area contributed by atoms with Gasteiger partial charge in [-0.05, 0) is 49.2 Å². The summed E-state index contributed by atoms with van der Waals surface area (Å²) in [6, 6.07) is 11.9. The Bertz CT molecular complexity index is 546. The molecular formula is C15H16BrNO. The van der Waals surface area contributed by atoms with Crippen molar-refractivity contribution in [1.82, 2.24) is 0 Å². The van der Waals surface area contributed by atoms with Crippen molar-refractivity contribution in [3.63, 3.8) is 0 Å². The zero-order valence-electron chi connectivity index (χ0n) is 10.5. The zero-order valence-corrected chi connectivity index (χ0v) is 12.1. The minimum atomic E-state index is 0.468. The van der Waals surface area contributed by atoms with E-state index in [2.05, 4.69) is 35.8 Å². The maximum absolute atomic E-state index is 5.93. The number of halogens is 1. The van der Waals surface area contributed by atoms with Gasteiger partial charge in [-0.15, -0.1) is 0 Å². The maximum Gasteiger partial charge on any atom is 0.120 e. The molecule has 0 aliphatic carbocycles. The van der Waals surface area contributed by atoms with Crippen molar-refractivity contribution in [3.8, 4) is 5.75 Å². The van der Waals surface area contributed by atoms with E-state index in [0.29, 0.717) is 6.61 Å². The predicted molar refractivity (Wildman–Crippen MR) is 78.8 cm³/mol. The molecule has 2 N–H and O–H groups in total. The molecule has 0 aromatic heterocycles. The van der Waals surface area contributed by atoms with E-state index < -0.39 is 0 Å². The molecule has 0 aliphatic heterocycles. The van der Waals surface area contributed by atoms with Crippen LogP contribution in [-0.4, -0.2) is 0 Å². The Hall–Kier alpha value is -1.48. The van der Waals surface area contributed by atoms with E-state index in [0.717, 1.165) is 21.5 Å². The highest BCUT2D eigenvalue weighted by Gasteiger charge is 2.05. The third-order valence-corrected chi connectivity index (χ3v) is 3.76. The molecule has 0 atom stereocenters. The number of nitrogen functional groups attached to an aromatic ring is 1. The van der Waals surface area contributed by atoms with E-state index in [1.54, 1.807) is 0 Å². The van der Waals surface area contributed by atoms with E-state index in [9.17, 15) is 0 Å². The van der Waals surface area contributed by atoms with E-state index in [1.165, 1.54) is 11.1 Å².